The Balaban J connectivity index is 3.42. The molecule has 0 bridgehead atoms. The number of rotatable bonds is 3. The molecule has 0 amide bonds. The van der Waals surface area contributed by atoms with Crippen molar-refractivity contribution in [1.29, 1.82) is 0 Å². The molecule has 0 spiro atoms. The zero-order valence-corrected chi connectivity index (χ0v) is 9.36. The summed E-state index contributed by atoms with van der Waals surface area (Å²) in [6.45, 7) is 3.49. The first-order valence-corrected chi connectivity index (χ1v) is 4.91. The standard InChI is InChI=1S/C10H10BrNO3/c1-2-7(12)8-6(11)4-3-5(9(8)13)10(14)15/h2-4,7,13H,1,12H2,(H,14,15)/t7-/m0/s1. The molecule has 15 heavy (non-hydrogen) atoms. The maximum atomic E-state index is 10.8. The van der Waals surface area contributed by atoms with Crippen LogP contribution in [0.5, 0.6) is 5.75 Å². The van der Waals surface area contributed by atoms with Crippen molar-refractivity contribution in [1.82, 2.24) is 0 Å². The first-order chi connectivity index (χ1) is 6.99. The van der Waals surface area contributed by atoms with Gasteiger partial charge < -0.3 is 15.9 Å². The Labute approximate surface area is 95.2 Å². The topological polar surface area (TPSA) is 83.6 Å². The molecular formula is C10H10BrNO3. The van der Waals surface area contributed by atoms with Crippen molar-refractivity contribution in [2.75, 3.05) is 0 Å². The van der Waals surface area contributed by atoms with Crippen molar-refractivity contribution in [3.63, 3.8) is 0 Å². The highest BCUT2D eigenvalue weighted by Crippen LogP contribution is 2.34. The Morgan fingerprint density at radius 3 is 2.67 bits per heavy atom. The lowest BCUT2D eigenvalue weighted by atomic mass is 10.0. The maximum absolute atomic E-state index is 10.8. The van der Waals surface area contributed by atoms with Gasteiger partial charge in [-0.2, -0.15) is 0 Å². The predicted molar refractivity (Wildman–Crippen MR) is 59.9 cm³/mol. The highest BCUT2D eigenvalue weighted by molar-refractivity contribution is 9.10. The predicted octanol–water partition coefficient (Wildman–Crippen LogP) is 2.04. The summed E-state index contributed by atoms with van der Waals surface area (Å²) in [5, 5.41) is 18.5. The largest absolute Gasteiger partial charge is 0.507 e. The molecule has 80 valence electrons. The molecule has 1 aromatic carbocycles. The van der Waals surface area contributed by atoms with E-state index in [2.05, 4.69) is 22.5 Å². The lowest BCUT2D eigenvalue weighted by Crippen LogP contribution is -2.10. The van der Waals surface area contributed by atoms with Crippen LogP contribution in [0.2, 0.25) is 0 Å². The number of phenols is 1. The fraction of sp³-hybridized carbons (Fsp3) is 0.100. The Morgan fingerprint density at radius 2 is 2.20 bits per heavy atom. The van der Waals surface area contributed by atoms with Gasteiger partial charge in [0.25, 0.3) is 0 Å². The van der Waals surface area contributed by atoms with E-state index in [0.717, 1.165) is 0 Å². The zero-order valence-electron chi connectivity index (χ0n) is 7.77. The van der Waals surface area contributed by atoms with Crippen LogP contribution in [0.15, 0.2) is 29.3 Å². The first-order valence-electron chi connectivity index (χ1n) is 4.11. The van der Waals surface area contributed by atoms with Gasteiger partial charge in [-0.15, -0.1) is 6.58 Å². The van der Waals surface area contributed by atoms with Gasteiger partial charge in [0.2, 0.25) is 0 Å². The van der Waals surface area contributed by atoms with Crippen molar-refractivity contribution in [3.8, 4) is 5.75 Å². The molecule has 0 saturated heterocycles. The molecule has 0 unspecified atom stereocenters. The molecule has 0 fully saturated rings. The van der Waals surface area contributed by atoms with E-state index in [4.69, 9.17) is 10.8 Å². The number of aromatic carboxylic acids is 1. The zero-order chi connectivity index (χ0) is 11.6. The highest BCUT2D eigenvalue weighted by Gasteiger charge is 2.18. The molecule has 1 rings (SSSR count). The van der Waals surface area contributed by atoms with Crippen LogP contribution >= 0.6 is 15.9 Å². The molecule has 4 nitrogen and oxygen atoms in total. The highest BCUT2D eigenvalue weighted by atomic mass is 79.9. The van der Waals surface area contributed by atoms with Crippen molar-refractivity contribution in [3.05, 3.63) is 40.4 Å². The van der Waals surface area contributed by atoms with Crippen LogP contribution in [0.1, 0.15) is 22.0 Å². The summed E-state index contributed by atoms with van der Waals surface area (Å²) >= 11 is 3.19. The van der Waals surface area contributed by atoms with Crippen LogP contribution in [0, 0.1) is 0 Å². The molecule has 5 heteroatoms. The van der Waals surface area contributed by atoms with E-state index in [1.54, 1.807) is 0 Å². The Hall–Kier alpha value is -1.33. The van der Waals surface area contributed by atoms with Crippen LogP contribution in [0.4, 0.5) is 0 Å². The van der Waals surface area contributed by atoms with E-state index >= 15 is 0 Å². The van der Waals surface area contributed by atoms with Gasteiger partial charge in [0.05, 0.1) is 6.04 Å². The molecule has 1 aromatic rings. The Morgan fingerprint density at radius 1 is 1.60 bits per heavy atom. The van der Waals surface area contributed by atoms with Gasteiger partial charge in [-0.3, -0.25) is 0 Å². The smallest absolute Gasteiger partial charge is 0.339 e. The third kappa shape index (κ3) is 2.19. The third-order valence-electron chi connectivity index (χ3n) is 1.98. The molecule has 0 aliphatic carbocycles. The van der Waals surface area contributed by atoms with Gasteiger partial charge >= 0.3 is 5.97 Å². The van der Waals surface area contributed by atoms with Crippen molar-refractivity contribution in [2.24, 2.45) is 5.73 Å². The second-order valence-corrected chi connectivity index (χ2v) is 3.78. The summed E-state index contributed by atoms with van der Waals surface area (Å²) in [4.78, 5) is 10.8. The molecule has 0 heterocycles. The number of aromatic hydroxyl groups is 1. The molecule has 0 aliphatic rings. The minimum atomic E-state index is -1.20. The molecule has 0 aliphatic heterocycles. The molecule has 0 radical (unpaired) electrons. The SMILES string of the molecule is C=C[C@H](N)c1c(Br)ccc(C(=O)O)c1O. The number of carboxylic acid groups (broad SMARTS) is 1. The molecule has 0 saturated carbocycles. The normalized spacial score (nSPS) is 12.1. The van der Waals surface area contributed by atoms with Gasteiger partial charge in [0, 0.05) is 10.0 Å². The van der Waals surface area contributed by atoms with Gasteiger partial charge in [0.15, 0.2) is 0 Å². The van der Waals surface area contributed by atoms with E-state index in [1.807, 2.05) is 0 Å². The number of halogens is 1. The Bertz CT molecular complexity index is 417. The van der Waals surface area contributed by atoms with Crippen LogP contribution in [0.25, 0.3) is 0 Å². The van der Waals surface area contributed by atoms with Gasteiger partial charge in [0.1, 0.15) is 11.3 Å². The summed E-state index contributed by atoms with van der Waals surface area (Å²) in [5.74, 6) is -1.53. The van der Waals surface area contributed by atoms with Crippen molar-refractivity contribution >= 4 is 21.9 Å². The van der Waals surface area contributed by atoms with Crippen LogP contribution in [-0.2, 0) is 0 Å². The number of carbonyl (C=O) groups is 1. The van der Waals surface area contributed by atoms with Crippen molar-refractivity contribution in [2.45, 2.75) is 6.04 Å². The number of hydrogen-bond acceptors (Lipinski definition) is 3. The second-order valence-electron chi connectivity index (χ2n) is 2.92. The van der Waals surface area contributed by atoms with Crippen LogP contribution < -0.4 is 5.73 Å². The summed E-state index contributed by atoms with van der Waals surface area (Å²) in [7, 11) is 0. The summed E-state index contributed by atoms with van der Waals surface area (Å²) in [6, 6.07) is 2.22. The van der Waals surface area contributed by atoms with Gasteiger partial charge in [-0.05, 0) is 12.1 Å². The average Bonchev–Trinajstić information content (AvgIpc) is 2.16. The van der Waals surface area contributed by atoms with E-state index < -0.39 is 12.0 Å². The monoisotopic (exact) mass is 271 g/mol. The Kier molecular flexibility index (Phi) is 3.49. The number of benzene rings is 1. The minimum absolute atomic E-state index is 0.175. The second kappa shape index (κ2) is 4.46. The molecule has 4 N–H and O–H groups in total. The lowest BCUT2D eigenvalue weighted by molar-refractivity contribution is 0.0693. The van der Waals surface area contributed by atoms with Gasteiger partial charge in [-0.25, -0.2) is 4.79 Å². The molecular weight excluding hydrogens is 262 g/mol. The fourth-order valence-corrected chi connectivity index (χ4v) is 1.78. The first kappa shape index (κ1) is 11.7. The summed E-state index contributed by atoms with van der Waals surface area (Å²) in [5.41, 5.74) is 5.81. The third-order valence-corrected chi connectivity index (χ3v) is 2.67. The lowest BCUT2D eigenvalue weighted by Gasteiger charge is -2.13. The van der Waals surface area contributed by atoms with E-state index in [-0.39, 0.29) is 11.3 Å². The molecule has 0 aromatic heterocycles. The van der Waals surface area contributed by atoms with Crippen molar-refractivity contribution < 1.29 is 15.0 Å². The minimum Gasteiger partial charge on any atom is -0.507 e. The number of carboxylic acids is 1. The fourth-order valence-electron chi connectivity index (χ4n) is 1.19. The van der Waals surface area contributed by atoms with Crippen LogP contribution in [0.3, 0.4) is 0 Å². The summed E-state index contributed by atoms with van der Waals surface area (Å²) in [6.07, 6.45) is 1.42. The molecule has 1 atom stereocenters. The average molecular weight is 272 g/mol. The summed E-state index contributed by atoms with van der Waals surface area (Å²) < 4.78 is 0.553. The number of hydrogen-bond donors (Lipinski definition) is 3. The van der Waals surface area contributed by atoms with Gasteiger partial charge in [-0.1, -0.05) is 22.0 Å². The number of nitrogens with two attached hydrogens (primary N) is 1. The van der Waals surface area contributed by atoms with E-state index in [0.29, 0.717) is 10.0 Å². The maximum Gasteiger partial charge on any atom is 0.339 e. The quantitative estimate of drug-likeness (QED) is 0.735. The van der Waals surface area contributed by atoms with E-state index in [9.17, 15) is 9.90 Å². The van der Waals surface area contributed by atoms with E-state index in [1.165, 1.54) is 18.2 Å². The van der Waals surface area contributed by atoms with Crippen LogP contribution in [-0.4, -0.2) is 16.2 Å².